The zero-order valence-electron chi connectivity index (χ0n) is 24.3. The number of carbonyl (C=O) groups is 1. The maximum Gasteiger partial charge on any atom is 0.223 e. The van der Waals surface area contributed by atoms with E-state index in [1.807, 2.05) is 4.52 Å². The van der Waals surface area contributed by atoms with Crippen LogP contribution in [0.15, 0.2) is 30.7 Å². The lowest BCUT2D eigenvalue weighted by atomic mass is 9.87. The van der Waals surface area contributed by atoms with Gasteiger partial charge in [0.15, 0.2) is 5.65 Å². The van der Waals surface area contributed by atoms with Gasteiger partial charge in [-0.3, -0.25) is 4.79 Å². The highest BCUT2D eigenvalue weighted by Crippen LogP contribution is 2.40. The average molecular weight is 543 g/mol. The summed E-state index contributed by atoms with van der Waals surface area (Å²) in [7, 11) is 0. The van der Waals surface area contributed by atoms with Crippen LogP contribution in [0, 0.1) is 13.8 Å². The summed E-state index contributed by atoms with van der Waals surface area (Å²) in [5, 5.41) is 15.4. The number of hydrogen-bond donors (Lipinski definition) is 2. The number of aromatic nitrogens is 4. The van der Waals surface area contributed by atoms with Crippen molar-refractivity contribution in [1.82, 2.24) is 29.4 Å². The summed E-state index contributed by atoms with van der Waals surface area (Å²) >= 11 is 0. The van der Waals surface area contributed by atoms with Crippen LogP contribution in [0.1, 0.15) is 80.0 Å². The van der Waals surface area contributed by atoms with Crippen molar-refractivity contribution in [2.75, 3.05) is 32.7 Å². The van der Waals surface area contributed by atoms with Crippen LogP contribution in [0.2, 0.25) is 0 Å². The maximum atomic E-state index is 12.9. The zero-order chi connectivity index (χ0) is 28.0. The molecule has 0 unspecified atom stereocenters. The molecule has 0 aliphatic carbocycles. The Labute approximate surface area is 236 Å². The predicted molar refractivity (Wildman–Crippen MR) is 159 cm³/mol. The number of carbonyl (C=O) groups excluding carboxylic acids is 1. The molecule has 0 bridgehead atoms. The van der Waals surface area contributed by atoms with E-state index in [0.717, 1.165) is 75.1 Å². The smallest absolute Gasteiger partial charge is 0.223 e. The topological polar surface area (TPSA) is 89.8 Å². The van der Waals surface area contributed by atoms with Crippen molar-refractivity contribution in [3.8, 4) is 11.3 Å². The van der Waals surface area contributed by atoms with Crippen molar-refractivity contribution >= 4 is 22.5 Å². The van der Waals surface area contributed by atoms with E-state index >= 15 is 0 Å². The molecule has 2 saturated heterocycles. The highest BCUT2D eigenvalue weighted by molar-refractivity contribution is 5.92. The Hall–Kier alpha value is -3.23. The van der Waals surface area contributed by atoms with Crippen molar-refractivity contribution < 1.29 is 9.90 Å². The molecule has 5 heterocycles. The van der Waals surface area contributed by atoms with E-state index in [9.17, 15) is 9.90 Å². The number of nitrogens with zero attached hydrogens (tertiary/aromatic N) is 5. The molecule has 8 nitrogen and oxygen atoms in total. The average Bonchev–Trinajstić information content (AvgIpc) is 3.59. The monoisotopic (exact) mass is 542 g/mol. The lowest BCUT2D eigenvalue weighted by molar-refractivity contribution is -0.132. The molecule has 2 fully saturated rings. The molecule has 0 spiro atoms. The highest BCUT2D eigenvalue weighted by atomic mass is 16.3. The summed E-state index contributed by atoms with van der Waals surface area (Å²) in [6.07, 6.45) is 7.77. The molecule has 0 radical (unpaired) electrons. The summed E-state index contributed by atoms with van der Waals surface area (Å²) in [5.74, 6) is 1.09. The number of hydrogen-bond acceptors (Lipinski definition) is 5. The highest BCUT2D eigenvalue weighted by Gasteiger charge is 2.26. The summed E-state index contributed by atoms with van der Waals surface area (Å²) in [5.41, 5.74) is 9.51. The molecular formula is C32H42N6O2. The van der Waals surface area contributed by atoms with Crippen molar-refractivity contribution in [3.05, 3.63) is 53.0 Å². The second-order valence-electron chi connectivity index (χ2n) is 12.2. The fraction of sp³-hybridized carbons (Fsp3) is 0.531. The zero-order valence-corrected chi connectivity index (χ0v) is 24.3. The summed E-state index contributed by atoms with van der Waals surface area (Å²) in [6, 6.07) is 6.91. The molecule has 0 saturated carbocycles. The van der Waals surface area contributed by atoms with Crippen LogP contribution < -0.4 is 0 Å². The Balaban J connectivity index is 1.19. The molecule has 40 heavy (non-hydrogen) atoms. The number of amides is 1. The van der Waals surface area contributed by atoms with Crippen molar-refractivity contribution in [3.63, 3.8) is 0 Å². The lowest BCUT2D eigenvalue weighted by Gasteiger charge is -2.34. The third-order valence-corrected chi connectivity index (χ3v) is 9.35. The van der Waals surface area contributed by atoms with Crippen LogP contribution in [0.5, 0.6) is 0 Å². The van der Waals surface area contributed by atoms with Gasteiger partial charge in [0, 0.05) is 61.8 Å². The van der Waals surface area contributed by atoms with Gasteiger partial charge >= 0.3 is 0 Å². The second kappa shape index (κ2) is 11.0. The normalized spacial score (nSPS) is 18.0. The molecule has 0 atom stereocenters. The SMILES string of the molecule is Cc1c(-c2[nH]c3ccc(C4CCN(C(=O)CCN5CCC(O)CC5)CC4)cc3c2C(C)C)cn2ncnc2c1C. The van der Waals surface area contributed by atoms with Gasteiger partial charge in [-0.2, -0.15) is 5.10 Å². The minimum atomic E-state index is -0.169. The number of H-pyrrole nitrogens is 1. The molecule has 2 aliphatic heterocycles. The number of piperidine rings is 2. The summed E-state index contributed by atoms with van der Waals surface area (Å²) < 4.78 is 1.88. The van der Waals surface area contributed by atoms with E-state index in [1.54, 1.807) is 6.33 Å². The summed E-state index contributed by atoms with van der Waals surface area (Å²) in [6.45, 7) is 13.1. The van der Waals surface area contributed by atoms with Crippen LogP contribution >= 0.6 is 0 Å². The van der Waals surface area contributed by atoms with Gasteiger partial charge in [0.05, 0.1) is 11.8 Å². The van der Waals surface area contributed by atoms with E-state index in [1.165, 1.54) is 33.3 Å². The molecule has 3 aromatic heterocycles. The Bertz CT molecular complexity index is 1520. The molecule has 2 aliphatic rings. The van der Waals surface area contributed by atoms with Gasteiger partial charge in [0.1, 0.15) is 6.33 Å². The molecule has 8 heteroatoms. The molecule has 1 amide bonds. The third-order valence-electron chi connectivity index (χ3n) is 9.35. The van der Waals surface area contributed by atoms with Crippen LogP contribution in [0.4, 0.5) is 0 Å². The number of aromatic amines is 1. The van der Waals surface area contributed by atoms with E-state index in [0.29, 0.717) is 18.3 Å². The van der Waals surface area contributed by atoms with Gasteiger partial charge in [-0.05, 0) is 85.8 Å². The quantitative estimate of drug-likeness (QED) is 0.351. The first-order chi connectivity index (χ1) is 19.3. The minimum Gasteiger partial charge on any atom is -0.393 e. The van der Waals surface area contributed by atoms with Crippen LogP contribution in [-0.4, -0.2) is 79.2 Å². The molecule has 2 N–H and O–H groups in total. The minimum absolute atomic E-state index is 0.169. The van der Waals surface area contributed by atoms with Crippen LogP contribution in [0.3, 0.4) is 0 Å². The van der Waals surface area contributed by atoms with E-state index in [4.69, 9.17) is 0 Å². The van der Waals surface area contributed by atoms with Gasteiger partial charge in [-0.25, -0.2) is 9.50 Å². The molecular weight excluding hydrogens is 500 g/mol. The number of aliphatic hydroxyl groups excluding tert-OH is 1. The molecule has 212 valence electrons. The van der Waals surface area contributed by atoms with Crippen molar-refractivity contribution in [2.24, 2.45) is 0 Å². The molecule has 4 aromatic rings. The lowest BCUT2D eigenvalue weighted by Crippen LogP contribution is -2.41. The van der Waals surface area contributed by atoms with Crippen molar-refractivity contribution in [1.29, 1.82) is 0 Å². The number of benzene rings is 1. The molecule has 1 aromatic carbocycles. The Kier molecular flexibility index (Phi) is 7.40. The van der Waals surface area contributed by atoms with Crippen LogP contribution in [-0.2, 0) is 4.79 Å². The Morgan fingerprint density at radius 2 is 1.82 bits per heavy atom. The van der Waals surface area contributed by atoms with Gasteiger partial charge in [-0.1, -0.05) is 19.9 Å². The predicted octanol–water partition coefficient (Wildman–Crippen LogP) is 5.17. The van der Waals surface area contributed by atoms with E-state index in [-0.39, 0.29) is 12.0 Å². The number of pyridine rings is 1. The van der Waals surface area contributed by atoms with E-state index < -0.39 is 0 Å². The maximum absolute atomic E-state index is 12.9. The number of likely N-dealkylation sites (tertiary alicyclic amines) is 2. The second-order valence-corrected chi connectivity index (χ2v) is 12.2. The number of rotatable bonds is 6. The van der Waals surface area contributed by atoms with Crippen LogP contribution in [0.25, 0.3) is 27.8 Å². The number of aryl methyl sites for hydroxylation is 1. The standard InChI is InChI=1S/C32H42N6O2/c1-20(2)30-26-17-24(23-7-15-37(16-8-23)29(40)11-14-36-12-9-25(39)10-13-36)5-6-28(26)35-31(30)27-18-38-32(33-19-34-38)22(4)21(27)3/h5-6,17-20,23,25,35,39H,7-16H2,1-4H3. The Morgan fingerprint density at radius 1 is 1.07 bits per heavy atom. The fourth-order valence-corrected chi connectivity index (χ4v) is 6.77. The first-order valence-corrected chi connectivity index (χ1v) is 14.9. The van der Waals surface area contributed by atoms with Gasteiger partial charge in [-0.15, -0.1) is 0 Å². The van der Waals surface area contributed by atoms with Gasteiger partial charge in [0.25, 0.3) is 0 Å². The van der Waals surface area contributed by atoms with Gasteiger partial charge in [0.2, 0.25) is 5.91 Å². The fourth-order valence-electron chi connectivity index (χ4n) is 6.77. The largest absolute Gasteiger partial charge is 0.393 e. The first-order valence-electron chi connectivity index (χ1n) is 14.9. The summed E-state index contributed by atoms with van der Waals surface area (Å²) in [4.78, 5) is 25.5. The van der Waals surface area contributed by atoms with Gasteiger partial charge < -0.3 is 19.9 Å². The molecule has 6 rings (SSSR count). The van der Waals surface area contributed by atoms with E-state index in [2.05, 4.69) is 77.0 Å². The Morgan fingerprint density at radius 3 is 2.55 bits per heavy atom. The number of nitrogens with one attached hydrogen (secondary N) is 1. The third kappa shape index (κ3) is 5.03. The number of fused-ring (bicyclic) bond motifs is 2. The number of aliphatic hydroxyl groups is 1. The first kappa shape index (κ1) is 27.0. The van der Waals surface area contributed by atoms with Crippen molar-refractivity contribution in [2.45, 2.75) is 77.7 Å².